The largest absolute Gasteiger partial charge is 0.349 e. The topological polar surface area (TPSA) is 151 Å². The SMILES string of the molecule is CC(C)[C@@H]1NC(=O)[C@@H]2C[C@@H](CN2C(=O)c2ccncc2)n2cc(nn2)CNC(=O)[C@@H](Cc2ccccc2)NC1=O. The highest BCUT2D eigenvalue weighted by molar-refractivity contribution is 5.99. The van der Waals surface area contributed by atoms with E-state index >= 15 is 0 Å². The lowest BCUT2D eigenvalue weighted by Gasteiger charge is -2.29. The molecule has 4 amide bonds. The second kappa shape index (κ2) is 11.6. The summed E-state index contributed by atoms with van der Waals surface area (Å²) in [5.41, 5.74) is 1.80. The highest BCUT2D eigenvalue weighted by Gasteiger charge is 2.43. The molecule has 4 heterocycles. The van der Waals surface area contributed by atoms with Gasteiger partial charge in [0.05, 0.1) is 18.8 Å². The molecule has 1 saturated heterocycles. The Hall–Kier alpha value is -4.61. The van der Waals surface area contributed by atoms with Crippen LogP contribution in [-0.2, 0) is 27.3 Å². The van der Waals surface area contributed by atoms with Gasteiger partial charge < -0.3 is 20.9 Å². The van der Waals surface area contributed by atoms with Crippen LogP contribution in [-0.4, -0.2) is 73.2 Å². The van der Waals surface area contributed by atoms with Gasteiger partial charge in [-0.2, -0.15) is 0 Å². The number of carbonyl (C=O) groups excluding carboxylic acids is 4. The number of hydrogen-bond acceptors (Lipinski definition) is 7. The number of aromatic nitrogens is 4. The Morgan fingerprint density at radius 1 is 1.00 bits per heavy atom. The van der Waals surface area contributed by atoms with Gasteiger partial charge in [-0.1, -0.05) is 49.4 Å². The molecule has 0 spiro atoms. The van der Waals surface area contributed by atoms with Gasteiger partial charge in [0.15, 0.2) is 0 Å². The number of rotatable bonds is 4. The summed E-state index contributed by atoms with van der Waals surface area (Å²) >= 11 is 0. The maximum Gasteiger partial charge on any atom is 0.254 e. The fourth-order valence-corrected chi connectivity index (χ4v) is 5.12. The quantitative estimate of drug-likeness (QED) is 0.436. The van der Waals surface area contributed by atoms with Crippen LogP contribution in [0.25, 0.3) is 0 Å². The van der Waals surface area contributed by atoms with Gasteiger partial charge in [0.1, 0.15) is 23.8 Å². The molecule has 1 aromatic carbocycles. The molecule has 5 rings (SSSR count). The predicted octanol–water partition coefficient (Wildman–Crippen LogP) is 0.627. The van der Waals surface area contributed by atoms with E-state index in [1.807, 2.05) is 44.2 Å². The van der Waals surface area contributed by atoms with Crippen molar-refractivity contribution in [2.75, 3.05) is 6.54 Å². The highest BCUT2D eigenvalue weighted by Crippen LogP contribution is 2.29. The summed E-state index contributed by atoms with van der Waals surface area (Å²) in [5.74, 6) is -1.88. The third kappa shape index (κ3) is 5.85. The lowest BCUT2D eigenvalue weighted by molar-refractivity contribution is -0.134. The molecule has 0 radical (unpaired) electrons. The van der Waals surface area contributed by atoms with Crippen molar-refractivity contribution in [2.45, 2.75) is 57.4 Å². The lowest BCUT2D eigenvalue weighted by atomic mass is 10.00. The lowest BCUT2D eigenvalue weighted by Crippen LogP contribution is -2.58. The van der Waals surface area contributed by atoms with E-state index in [2.05, 4.69) is 31.2 Å². The van der Waals surface area contributed by atoms with E-state index in [0.717, 1.165) is 5.56 Å². The molecule has 12 heteroatoms. The number of benzene rings is 1. The van der Waals surface area contributed by atoms with Crippen molar-refractivity contribution >= 4 is 23.6 Å². The molecular weight excluding hydrogens is 512 g/mol. The van der Waals surface area contributed by atoms with Crippen LogP contribution in [0.2, 0.25) is 0 Å². The van der Waals surface area contributed by atoms with Crippen molar-refractivity contribution in [2.24, 2.45) is 5.92 Å². The molecule has 3 aromatic rings. The molecule has 2 aliphatic rings. The standard InChI is InChI=1S/C28H32N8O4/c1-17(2)24-27(39)31-22(12-18-6-4-3-5-7-18)25(37)30-14-20-15-36(34-33-20)21-13-23(26(38)32-24)35(16-21)28(40)19-8-10-29-11-9-19/h3-11,15,17,21-24H,12-14,16H2,1-2H3,(H,30,37)(H,31,39)(H,32,38)/t21-,22+,23-,24-/m0/s1. The molecule has 2 aromatic heterocycles. The maximum atomic E-state index is 13.7. The normalized spacial score (nSPS) is 23.6. The minimum Gasteiger partial charge on any atom is -0.349 e. The molecule has 4 atom stereocenters. The van der Waals surface area contributed by atoms with E-state index in [1.54, 1.807) is 23.0 Å². The average Bonchev–Trinajstić information content (AvgIpc) is 3.62. The van der Waals surface area contributed by atoms with Gasteiger partial charge in [-0.3, -0.25) is 24.2 Å². The Morgan fingerprint density at radius 3 is 2.48 bits per heavy atom. The molecule has 208 valence electrons. The molecule has 1 fully saturated rings. The Labute approximate surface area is 231 Å². The Balaban J connectivity index is 1.47. The summed E-state index contributed by atoms with van der Waals surface area (Å²) in [6.45, 7) is 3.98. The second-order valence-electron chi connectivity index (χ2n) is 10.5. The van der Waals surface area contributed by atoms with Crippen LogP contribution in [0.3, 0.4) is 0 Å². The fourth-order valence-electron chi connectivity index (χ4n) is 5.12. The number of carbonyl (C=O) groups is 4. The summed E-state index contributed by atoms with van der Waals surface area (Å²) in [6, 6.07) is 9.62. The van der Waals surface area contributed by atoms with Crippen molar-refractivity contribution in [1.29, 1.82) is 0 Å². The second-order valence-corrected chi connectivity index (χ2v) is 10.5. The Bertz CT molecular complexity index is 1380. The monoisotopic (exact) mass is 544 g/mol. The van der Waals surface area contributed by atoms with E-state index in [-0.39, 0.29) is 43.3 Å². The van der Waals surface area contributed by atoms with Gasteiger partial charge in [-0.15, -0.1) is 5.10 Å². The number of nitrogens with one attached hydrogen (secondary N) is 3. The number of fused-ring (bicyclic) bond motifs is 5. The zero-order chi connectivity index (χ0) is 28.2. The van der Waals surface area contributed by atoms with Gasteiger partial charge in [-0.05, 0) is 23.6 Å². The minimum atomic E-state index is -0.919. The van der Waals surface area contributed by atoms with Crippen molar-refractivity contribution < 1.29 is 19.2 Å². The van der Waals surface area contributed by atoms with E-state index in [4.69, 9.17) is 0 Å². The van der Waals surface area contributed by atoms with Crippen molar-refractivity contribution in [3.63, 3.8) is 0 Å². The Kier molecular flexibility index (Phi) is 7.85. The van der Waals surface area contributed by atoms with Crippen LogP contribution in [0.5, 0.6) is 0 Å². The molecule has 4 bridgehead atoms. The van der Waals surface area contributed by atoms with Gasteiger partial charge in [0.25, 0.3) is 5.91 Å². The number of hydrogen-bond donors (Lipinski definition) is 3. The predicted molar refractivity (Wildman–Crippen MR) is 143 cm³/mol. The minimum absolute atomic E-state index is 0.112. The van der Waals surface area contributed by atoms with Crippen molar-refractivity contribution in [3.8, 4) is 0 Å². The van der Waals surface area contributed by atoms with Crippen LogP contribution in [0, 0.1) is 5.92 Å². The number of nitrogens with zero attached hydrogens (tertiary/aromatic N) is 5. The van der Waals surface area contributed by atoms with E-state index in [9.17, 15) is 19.2 Å². The van der Waals surface area contributed by atoms with Gasteiger partial charge >= 0.3 is 0 Å². The Morgan fingerprint density at radius 2 is 1.75 bits per heavy atom. The zero-order valence-electron chi connectivity index (χ0n) is 22.4. The molecule has 0 unspecified atom stereocenters. The van der Waals surface area contributed by atoms with Crippen LogP contribution < -0.4 is 16.0 Å². The zero-order valence-corrected chi connectivity index (χ0v) is 22.4. The van der Waals surface area contributed by atoms with Crippen molar-refractivity contribution in [1.82, 2.24) is 40.8 Å². The van der Waals surface area contributed by atoms with E-state index < -0.39 is 29.9 Å². The first-order valence-electron chi connectivity index (χ1n) is 13.3. The molecule has 12 nitrogen and oxygen atoms in total. The van der Waals surface area contributed by atoms with Gasteiger partial charge in [0.2, 0.25) is 17.7 Å². The smallest absolute Gasteiger partial charge is 0.254 e. The fraction of sp³-hybridized carbons (Fsp3) is 0.393. The first-order valence-corrected chi connectivity index (χ1v) is 13.3. The summed E-state index contributed by atoms with van der Waals surface area (Å²) < 4.78 is 1.63. The maximum absolute atomic E-state index is 13.7. The summed E-state index contributed by atoms with van der Waals surface area (Å²) in [4.78, 5) is 59.4. The first kappa shape index (κ1) is 27.0. The molecule has 0 aliphatic carbocycles. The summed E-state index contributed by atoms with van der Waals surface area (Å²) in [6.07, 6.45) is 5.32. The number of pyridine rings is 1. The van der Waals surface area contributed by atoms with Gasteiger partial charge in [0, 0.05) is 37.3 Å². The van der Waals surface area contributed by atoms with Crippen LogP contribution in [0.4, 0.5) is 0 Å². The average molecular weight is 545 g/mol. The highest BCUT2D eigenvalue weighted by atomic mass is 16.2. The molecule has 0 saturated carbocycles. The van der Waals surface area contributed by atoms with Crippen LogP contribution in [0.1, 0.15) is 47.9 Å². The third-order valence-electron chi connectivity index (χ3n) is 7.31. The summed E-state index contributed by atoms with van der Waals surface area (Å²) in [5, 5.41) is 17.0. The molecule has 40 heavy (non-hydrogen) atoms. The van der Waals surface area contributed by atoms with E-state index in [0.29, 0.717) is 17.7 Å². The molecular formula is C28H32N8O4. The number of amides is 4. The third-order valence-corrected chi connectivity index (χ3v) is 7.31. The first-order chi connectivity index (χ1) is 19.3. The molecule has 3 N–H and O–H groups in total. The number of likely N-dealkylation sites (tertiary alicyclic amines) is 1. The van der Waals surface area contributed by atoms with Crippen LogP contribution >= 0.6 is 0 Å². The van der Waals surface area contributed by atoms with Crippen molar-refractivity contribution in [3.05, 3.63) is 77.9 Å². The van der Waals surface area contributed by atoms with Crippen LogP contribution in [0.15, 0.2) is 61.1 Å². The van der Waals surface area contributed by atoms with Gasteiger partial charge in [-0.25, -0.2) is 4.68 Å². The summed E-state index contributed by atoms with van der Waals surface area (Å²) in [7, 11) is 0. The molecule has 2 aliphatic heterocycles. The van der Waals surface area contributed by atoms with E-state index in [1.165, 1.54) is 17.3 Å².